The fourth-order valence-corrected chi connectivity index (χ4v) is 1.54. The van der Waals surface area contributed by atoms with E-state index in [1.807, 2.05) is 11.7 Å². The molecule has 1 aromatic heterocycles. The summed E-state index contributed by atoms with van der Waals surface area (Å²) in [5.41, 5.74) is 1.26. The fraction of sp³-hybridized carbons (Fsp3) is 0.727. The molecule has 15 heavy (non-hydrogen) atoms. The average molecular weight is 230 g/mol. The molecule has 2 rings (SSSR count). The number of hydrogen-bond acceptors (Lipinski definition) is 2. The van der Waals surface area contributed by atoms with Crippen LogP contribution >= 0.6 is 12.4 Å². The van der Waals surface area contributed by atoms with E-state index in [1.54, 1.807) is 0 Å². The molecule has 0 atom stereocenters. The number of nitrogens with one attached hydrogen (secondary N) is 1. The molecule has 0 bridgehead atoms. The van der Waals surface area contributed by atoms with E-state index in [1.165, 1.54) is 18.5 Å². The van der Waals surface area contributed by atoms with Crippen LogP contribution in [0.2, 0.25) is 0 Å². The van der Waals surface area contributed by atoms with E-state index in [0.717, 1.165) is 18.3 Å². The van der Waals surface area contributed by atoms with Crippen molar-refractivity contribution >= 4 is 18.2 Å². The molecule has 0 unspecified atom stereocenters. The van der Waals surface area contributed by atoms with Crippen molar-refractivity contribution < 1.29 is 0 Å². The summed E-state index contributed by atoms with van der Waals surface area (Å²) in [7, 11) is 2.01. The zero-order valence-corrected chi connectivity index (χ0v) is 10.5. The fourth-order valence-electron chi connectivity index (χ4n) is 1.54. The normalized spacial score (nSPS) is 15.2. The quantitative estimate of drug-likeness (QED) is 0.861. The molecule has 1 N–H and O–H groups in total. The van der Waals surface area contributed by atoms with E-state index in [4.69, 9.17) is 0 Å². The predicted molar refractivity (Wildman–Crippen MR) is 65.8 cm³/mol. The molecule has 1 heterocycles. The summed E-state index contributed by atoms with van der Waals surface area (Å²) in [5, 5.41) is 7.92. The van der Waals surface area contributed by atoms with Gasteiger partial charge in [-0.25, -0.2) is 0 Å². The van der Waals surface area contributed by atoms with Gasteiger partial charge in [-0.15, -0.1) is 12.4 Å². The van der Waals surface area contributed by atoms with Crippen LogP contribution < -0.4 is 5.32 Å². The molecule has 0 aliphatic heterocycles. The SMILES string of the molecule is CC(C)CNc1cc(C2CC2)nn1C.Cl. The Balaban J connectivity index is 0.00000112. The van der Waals surface area contributed by atoms with Gasteiger partial charge in [0, 0.05) is 25.6 Å². The van der Waals surface area contributed by atoms with E-state index in [2.05, 4.69) is 30.3 Å². The van der Waals surface area contributed by atoms with Crippen LogP contribution in [0.1, 0.15) is 38.3 Å². The van der Waals surface area contributed by atoms with Gasteiger partial charge >= 0.3 is 0 Å². The maximum Gasteiger partial charge on any atom is 0.124 e. The van der Waals surface area contributed by atoms with Crippen molar-refractivity contribution in [3.8, 4) is 0 Å². The summed E-state index contributed by atoms with van der Waals surface area (Å²) in [5.74, 6) is 2.57. The lowest BCUT2D eigenvalue weighted by Crippen LogP contribution is -2.10. The zero-order chi connectivity index (χ0) is 10.1. The number of hydrogen-bond donors (Lipinski definition) is 1. The maximum absolute atomic E-state index is 4.50. The second-order valence-corrected chi connectivity index (χ2v) is 4.63. The number of rotatable bonds is 4. The highest BCUT2D eigenvalue weighted by atomic mass is 35.5. The van der Waals surface area contributed by atoms with Crippen LogP contribution in [0, 0.1) is 5.92 Å². The van der Waals surface area contributed by atoms with Gasteiger partial charge in [0.2, 0.25) is 0 Å². The Morgan fingerprint density at radius 2 is 2.20 bits per heavy atom. The van der Waals surface area contributed by atoms with Gasteiger partial charge in [0.1, 0.15) is 5.82 Å². The highest BCUT2D eigenvalue weighted by Gasteiger charge is 2.26. The van der Waals surface area contributed by atoms with Crippen molar-refractivity contribution in [2.24, 2.45) is 13.0 Å². The van der Waals surface area contributed by atoms with E-state index >= 15 is 0 Å². The van der Waals surface area contributed by atoms with E-state index in [9.17, 15) is 0 Å². The molecular weight excluding hydrogens is 210 g/mol. The maximum atomic E-state index is 4.50. The van der Waals surface area contributed by atoms with E-state index in [-0.39, 0.29) is 12.4 Å². The van der Waals surface area contributed by atoms with Gasteiger partial charge < -0.3 is 5.32 Å². The number of nitrogens with zero attached hydrogens (tertiary/aromatic N) is 2. The molecule has 0 spiro atoms. The molecule has 1 aliphatic rings. The summed E-state index contributed by atoms with van der Waals surface area (Å²) in [6, 6.07) is 2.19. The van der Waals surface area contributed by atoms with Crippen molar-refractivity contribution in [3.05, 3.63) is 11.8 Å². The molecule has 0 radical (unpaired) electrons. The Morgan fingerprint density at radius 1 is 1.53 bits per heavy atom. The summed E-state index contributed by atoms with van der Waals surface area (Å²) < 4.78 is 1.95. The molecule has 1 fully saturated rings. The second kappa shape index (κ2) is 4.88. The topological polar surface area (TPSA) is 29.9 Å². The van der Waals surface area contributed by atoms with Crippen molar-refractivity contribution in [3.63, 3.8) is 0 Å². The van der Waals surface area contributed by atoms with Crippen LogP contribution in [0.15, 0.2) is 6.07 Å². The molecule has 4 heteroatoms. The van der Waals surface area contributed by atoms with Gasteiger partial charge in [0.15, 0.2) is 0 Å². The van der Waals surface area contributed by atoms with Gasteiger partial charge in [0.05, 0.1) is 5.69 Å². The number of aryl methyl sites for hydroxylation is 1. The van der Waals surface area contributed by atoms with Crippen LogP contribution in [0.5, 0.6) is 0 Å². The number of halogens is 1. The molecule has 3 nitrogen and oxygen atoms in total. The second-order valence-electron chi connectivity index (χ2n) is 4.63. The van der Waals surface area contributed by atoms with Gasteiger partial charge in [0.25, 0.3) is 0 Å². The minimum Gasteiger partial charge on any atom is -0.370 e. The van der Waals surface area contributed by atoms with Gasteiger partial charge in [-0.1, -0.05) is 13.8 Å². The third-order valence-corrected chi connectivity index (χ3v) is 2.59. The first kappa shape index (κ1) is 12.4. The van der Waals surface area contributed by atoms with Crippen LogP contribution in [-0.4, -0.2) is 16.3 Å². The van der Waals surface area contributed by atoms with Crippen molar-refractivity contribution in [1.29, 1.82) is 0 Å². The highest BCUT2D eigenvalue weighted by Crippen LogP contribution is 2.39. The molecular formula is C11H20ClN3. The molecule has 0 aromatic carbocycles. The first-order valence-corrected chi connectivity index (χ1v) is 5.44. The molecule has 0 saturated heterocycles. The van der Waals surface area contributed by atoms with E-state index in [0.29, 0.717) is 5.92 Å². The van der Waals surface area contributed by atoms with Crippen LogP contribution in [0.25, 0.3) is 0 Å². The molecule has 1 aliphatic carbocycles. The smallest absolute Gasteiger partial charge is 0.124 e. The standard InChI is InChI=1S/C11H19N3.ClH/c1-8(2)7-12-11-6-10(9-4-5-9)13-14(11)3;/h6,8-9,12H,4-5,7H2,1-3H3;1H. The minimum atomic E-state index is 0. The molecule has 86 valence electrons. The number of anilines is 1. The van der Waals surface area contributed by atoms with Crippen LogP contribution in [-0.2, 0) is 7.05 Å². The predicted octanol–water partition coefficient (Wildman–Crippen LogP) is 2.79. The lowest BCUT2D eigenvalue weighted by atomic mass is 10.2. The Labute approximate surface area is 97.7 Å². The molecule has 1 aromatic rings. The Kier molecular flexibility index (Phi) is 4.03. The monoisotopic (exact) mass is 229 g/mol. The first-order chi connectivity index (χ1) is 6.66. The lowest BCUT2D eigenvalue weighted by molar-refractivity contribution is 0.674. The van der Waals surface area contributed by atoms with Crippen LogP contribution in [0.3, 0.4) is 0 Å². The lowest BCUT2D eigenvalue weighted by Gasteiger charge is -2.07. The van der Waals surface area contributed by atoms with E-state index < -0.39 is 0 Å². The Bertz CT molecular complexity index is 316. The third-order valence-electron chi connectivity index (χ3n) is 2.59. The van der Waals surface area contributed by atoms with Gasteiger partial charge in [-0.05, 0) is 18.8 Å². The minimum absolute atomic E-state index is 0. The van der Waals surface area contributed by atoms with Crippen molar-refractivity contribution in [1.82, 2.24) is 9.78 Å². The Morgan fingerprint density at radius 3 is 2.73 bits per heavy atom. The van der Waals surface area contributed by atoms with Gasteiger partial charge in [-0.3, -0.25) is 4.68 Å². The third kappa shape index (κ3) is 3.13. The largest absolute Gasteiger partial charge is 0.370 e. The summed E-state index contributed by atoms with van der Waals surface area (Å²) in [4.78, 5) is 0. The average Bonchev–Trinajstić information content (AvgIpc) is 2.88. The molecule has 1 saturated carbocycles. The van der Waals surface area contributed by atoms with Crippen LogP contribution in [0.4, 0.5) is 5.82 Å². The van der Waals surface area contributed by atoms with Crippen molar-refractivity contribution in [2.45, 2.75) is 32.6 Å². The zero-order valence-electron chi connectivity index (χ0n) is 9.66. The molecule has 0 amide bonds. The number of aromatic nitrogens is 2. The summed E-state index contributed by atoms with van der Waals surface area (Å²) in [6.45, 7) is 5.44. The first-order valence-electron chi connectivity index (χ1n) is 5.44. The van der Waals surface area contributed by atoms with Crippen molar-refractivity contribution in [2.75, 3.05) is 11.9 Å². The Hall–Kier alpha value is -0.700. The summed E-state index contributed by atoms with van der Waals surface area (Å²) in [6.07, 6.45) is 2.64. The van der Waals surface area contributed by atoms with Gasteiger partial charge in [-0.2, -0.15) is 5.10 Å². The highest BCUT2D eigenvalue weighted by molar-refractivity contribution is 5.85. The summed E-state index contributed by atoms with van der Waals surface area (Å²) >= 11 is 0.